The number of ketones is 1. The van der Waals surface area contributed by atoms with Crippen LogP contribution in [-0.2, 0) is 6.54 Å². The first-order chi connectivity index (χ1) is 20.6. The highest BCUT2D eigenvalue weighted by Gasteiger charge is 2.40. The Balaban J connectivity index is 1.84. The highest BCUT2D eigenvalue weighted by molar-refractivity contribution is 6.30. The molecule has 1 N–H and O–H groups in total. The van der Waals surface area contributed by atoms with Crippen molar-refractivity contribution in [1.29, 1.82) is 0 Å². The van der Waals surface area contributed by atoms with Gasteiger partial charge in [0.25, 0.3) is 17.1 Å². The predicted octanol–water partition coefficient (Wildman–Crippen LogP) is 5.52. The van der Waals surface area contributed by atoms with Crippen molar-refractivity contribution in [3.05, 3.63) is 143 Å². The zero-order valence-electron chi connectivity index (χ0n) is 21.7. The number of nitro groups is 3. The van der Waals surface area contributed by atoms with E-state index in [1.165, 1.54) is 35.0 Å². The fourth-order valence-corrected chi connectivity index (χ4v) is 4.63. The third-order valence-electron chi connectivity index (χ3n) is 6.45. The Hall–Kier alpha value is -6.02. The lowest BCUT2D eigenvalue weighted by Crippen LogP contribution is -2.41. The van der Waals surface area contributed by atoms with Crippen molar-refractivity contribution in [2.75, 3.05) is 0 Å². The molecule has 1 heterocycles. The molecule has 0 radical (unpaired) electrons. The van der Waals surface area contributed by atoms with E-state index in [0.717, 1.165) is 4.68 Å². The van der Waals surface area contributed by atoms with Gasteiger partial charge in [-0.1, -0.05) is 58.7 Å². The maximum absolute atomic E-state index is 13.1. The summed E-state index contributed by atoms with van der Waals surface area (Å²) in [5.41, 5.74) is -3.16. The minimum atomic E-state index is -1.02. The van der Waals surface area contributed by atoms with E-state index >= 15 is 0 Å². The highest BCUT2D eigenvalue weighted by atomic mass is 35.5. The Bertz CT molecular complexity index is 1940. The van der Waals surface area contributed by atoms with Crippen LogP contribution in [0.5, 0.6) is 0 Å². The van der Waals surface area contributed by atoms with Crippen LogP contribution in [0.3, 0.4) is 0 Å². The first kappa shape index (κ1) is 28.5. The van der Waals surface area contributed by atoms with Gasteiger partial charge in [-0.05, 0) is 36.4 Å². The number of aromatic nitrogens is 3. The summed E-state index contributed by atoms with van der Waals surface area (Å²) in [7, 11) is 0. The summed E-state index contributed by atoms with van der Waals surface area (Å²) in [5.74, 6) is -1.02. The number of para-hydroxylation sites is 2. The Morgan fingerprint density at radius 1 is 0.814 bits per heavy atom. The third-order valence-corrected chi connectivity index (χ3v) is 6.70. The van der Waals surface area contributed by atoms with E-state index in [1.807, 2.05) is 0 Å². The number of carbonyl (C=O) groups is 1. The Labute approximate surface area is 245 Å². The zero-order valence-corrected chi connectivity index (χ0v) is 22.5. The monoisotopic (exact) mass is 601 g/mol. The number of benzene rings is 4. The first-order valence-corrected chi connectivity index (χ1v) is 12.7. The highest BCUT2D eigenvalue weighted by Crippen LogP contribution is 2.41. The molecule has 0 aliphatic heterocycles. The van der Waals surface area contributed by atoms with Crippen LogP contribution in [0.4, 0.5) is 17.1 Å². The number of non-ortho nitro benzene ring substituents is 1. The fraction of sp³-hybridized carbons (Fsp3) is 0.0357. The summed E-state index contributed by atoms with van der Waals surface area (Å²) in [6, 6.07) is 21.4. The van der Waals surface area contributed by atoms with E-state index in [9.17, 15) is 40.2 Å². The first-order valence-electron chi connectivity index (χ1n) is 12.3. The average molecular weight is 602 g/mol. The summed E-state index contributed by atoms with van der Waals surface area (Å²) < 4.78 is 2.31. The largest absolute Gasteiger partial charge is 0.503 e. The van der Waals surface area contributed by atoms with E-state index in [4.69, 9.17) is 11.6 Å². The van der Waals surface area contributed by atoms with Crippen LogP contribution in [0.15, 0.2) is 91.0 Å². The zero-order chi connectivity index (χ0) is 30.8. The summed E-state index contributed by atoms with van der Waals surface area (Å²) in [5, 5.41) is 52.4. The Morgan fingerprint density at radius 2 is 1.40 bits per heavy atom. The molecule has 0 aliphatic carbocycles. The number of aliphatic hydroxyl groups is 1. The van der Waals surface area contributed by atoms with E-state index in [1.54, 1.807) is 48.5 Å². The van der Waals surface area contributed by atoms with Crippen molar-refractivity contribution in [3.63, 3.8) is 0 Å². The maximum Gasteiger partial charge on any atom is 0.295 e. The van der Waals surface area contributed by atoms with Crippen molar-refractivity contribution in [1.82, 2.24) is 9.90 Å². The van der Waals surface area contributed by atoms with Gasteiger partial charge in [0.1, 0.15) is 0 Å². The topological polar surface area (TPSA) is 188 Å². The predicted molar refractivity (Wildman–Crippen MR) is 153 cm³/mol. The van der Waals surface area contributed by atoms with Crippen molar-refractivity contribution < 1.29 is 29.4 Å². The molecular weight excluding hydrogens is 584 g/mol. The molecule has 0 saturated carbocycles. The van der Waals surface area contributed by atoms with Gasteiger partial charge in [-0.2, -0.15) is 0 Å². The molecule has 5 aromatic rings. The summed E-state index contributed by atoms with van der Waals surface area (Å²) in [6.07, 6.45) is 0. The van der Waals surface area contributed by atoms with Crippen molar-refractivity contribution in [2.45, 2.75) is 6.54 Å². The number of Topliss-reactive ketones (excluding diaryl/α,β-unsaturated/α-hetero) is 1. The smallest absolute Gasteiger partial charge is 0.295 e. The average Bonchev–Trinajstić information content (AvgIpc) is 3.35. The van der Waals surface area contributed by atoms with Gasteiger partial charge in [0.05, 0.1) is 32.1 Å². The van der Waals surface area contributed by atoms with E-state index in [-0.39, 0.29) is 23.4 Å². The number of fused-ring (bicyclic) bond motifs is 1. The molecule has 43 heavy (non-hydrogen) atoms. The number of rotatable bonds is 9. The number of aliphatic hydroxyl groups excluding tert-OH is 1. The van der Waals surface area contributed by atoms with Crippen LogP contribution < -0.4 is 4.68 Å². The Morgan fingerprint density at radius 3 is 1.98 bits per heavy atom. The molecule has 0 unspecified atom stereocenters. The van der Waals surface area contributed by atoms with E-state index < -0.39 is 48.9 Å². The molecule has 5 rings (SSSR count). The number of nitro benzene ring substituents is 3. The molecule has 0 spiro atoms. The van der Waals surface area contributed by atoms with Crippen LogP contribution in [0, 0.1) is 30.3 Å². The van der Waals surface area contributed by atoms with Crippen molar-refractivity contribution in [2.24, 2.45) is 0 Å². The van der Waals surface area contributed by atoms with E-state index in [0.29, 0.717) is 28.2 Å². The minimum absolute atomic E-state index is 0.114. The van der Waals surface area contributed by atoms with Gasteiger partial charge >= 0.3 is 0 Å². The van der Waals surface area contributed by atoms with Gasteiger partial charge in [0, 0.05) is 16.1 Å². The van der Waals surface area contributed by atoms with Crippen LogP contribution in [0.25, 0.3) is 22.5 Å². The molecule has 0 fully saturated rings. The lowest BCUT2D eigenvalue weighted by Gasteiger charge is -2.09. The van der Waals surface area contributed by atoms with Gasteiger partial charge in [0.15, 0.2) is 23.4 Å². The molecule has 0 aliphatic rings. The van der Waals surface area contributed by atoms with Gasteiger partial charge in [-0.25, -0.2) is 0 Å². The Kier molecular flexibility index (Phi) is 7.60. The summed E-state index contributed by atoms with van der Waals surface area (Å²) in [6.45, 7) is -0.320. The van der Waals surface area contributed by atoms with Crippen LogP contribution in [0.1, 0.15) is 21.5 Å². The molecule has 0 amide bonds. The molecular formula is C28H18ClN6O8+. The van der Waals surface area contributed by atoms with E-state index in [2.05, 4.69) is 5.21 Å². The van der Waals surface area contributed by atoms with Gasteiger partial charge < -0.3 is 5.11 Å². The van der Waals surface area contributed by atoms with Crippen LogP contribution >= 0.6 is 11.6 Å². The molecule has 14 nitrogen and oxygen atoms in total. The normalized spacial score (nSPS) is 11.7. The number of hydrogen-bond acceptors (Lipinski definition) is 9. The number of nitrogens with zero attached hydrogens (tertiary/aromatic N) is 6. The summed E-state index contributed by atoms with van der Waals surface area (Å²) >= 11 is 5.93. The SMILES string of the molecule is O=C(C[n+]1nn(/C(=C(/O)c2ccccc2)c2c([N+](=O)[O-])cc([N+](=O)[O-])cc2[N+](=O)[O-])c2ccccc21)c1ccc(Cl)cc1. The minimum Gasteiger partial charge on any atom is -0.503 e. The van der Waals surface area contributed by atoms with Gasteiger partial charge in [0.2, 0.25) is 17.0 Å². The third kappa shape index (κ3) is 5.49. The van der Waals surface area contributed by atoms with Gasteiger partial charge in [-0.3, -0.25) is 35.1 Å². The molecule has 15 heteroatoms. The second kappa shape index (κ2) is 11.5. The van der Waals surface area contributed by atoms with Crippen molar-refractivity contribution >= 4 is 56.9 Å². The van der Waals surface area contributed by atoms with Crippen LogP contribution in [0.2, 0.25) is 5.02 Å². The lowest BCUT2D eigenvalue weighted by molar-refractivity contribution is -0.719. The number of halogens is 1. The molecule has 0 saturated heterocycles. The fourth-order valence-electron chi connectivity index (χ4n) is 4.50. The lowest BCUT2D eigenvalue weighted by atomic mass is 10.0. The summed E-state index contributed by atoms with van der Waals surface area (Å²) in [4.78, 5) is 46.1. The second-order valence-corrected chi connectivity index (χ2v) is 9.51. The van der Waals surface area contributed by atoms with Gasteiger partial charge in [-0.15, -0.1) is 4.68 Å². The molecule has 4 aromatic carbocycles. The standard InChI is InChI=1S/C28H17ClN6O8/c29-19-12-10-17(11-13-19)25(36)16-31-21-8-4-5-9-22(21)32(30-31)27(28(37)18-6-2-1-3-7-18)26-23(34(40)41)14-20(33(38)39)15-24(26)35(42)43/h1-15H,16H2/p+1. The second-order valence-electron chi connectivity index (χ2n) is 9.07. The molecule has 1 aromatic heterocycles. The quantitative estimate of drug-likeness (QED) is 0.0566. The number of carbonyl (C=O) groups excluding carboxylic acids is 1. The molecule has 0 bridgehead atoms. The molecule has 214 valence electrons. The number of hydrogen-bond donors (Lipinski definition) is 1. The van der Waals surface area contributed by atoms with Crippen LogP contribution in [-0.4, -0.2) is 35.6 Å². The maximum atomic E-state index is 13.1. The molecule has 0 atom stereocenters. The van der Waals surface area contributed by atoms with Crippen molar-refractivity contribution in [3.8, 4) is 0 Å².